The van der Waals surface area contributed by atoms with Gasteiger partial charge in [-0.2, -0.15) is 0 Å². The van der Waals surface area contributed by atoms with Crippen LogP contribution < -0.4 is 14.2 Å². The van der Waals surface area contributed by atoms with Gasteiger partial charge in [0.15, 0.2) is 11.0 Å². The number of methoxy groups -OCH3 is 3. The predicted molar refractivity (Wildman–Crippen MR) is 123 cm³/mol. The number of thioether (sulfide) groups is 1. The van der Waals surface area contributed by atoms with Gasteiger partial charge in [-0.3, -0.25) is 4.57 Å². The van der Waals surface area contributed by atoms with Crippen molar-refractivity contribution in [3.05, 3.63) is 48.0 Å². The van der Waals surface area contributed by atoms with Gasteiger partial charge in [-0.25, -0.2) is 0 Å². The van der Waals surface area contributed by atoms with Crippen molar-refractivity contribution >= 4 is 11.8 Å². The lowest BCUT2D eigenvalue weighted by atomic mass is 9.95. The van der Waals surface area contributed by atoms with Gasteiger partial charge in [0.25, 0.3) is 0 Å². The van der Waals surface area contributed by atoms with Gasteiger partial charge in [0.1, 0.15) is 17.2 Å². The van der Waals surface area contributed by atoms with Gasteiger partial charge >= 0.3 is 0 Å². The van der Waals surface area contributed by atoms with Crippen LogP contribution in [0.15, 0.2) is 47.6 Å². The maximum atomic E-state index is 5.48. The van der Waals surface area contributed by atoms with Crippen LogP contribution in [0.1, 0.15) is 43.7 Å². The quantitative estimate of drug-likeness (QED) is 0.415. The molecule has 0 spiro atoms. The Morgan fingerprint density at radius 1 is 0.839 bits per heavy atom. The largest absolute Gasteiger partial charge is 0.497 e. The molecular formula is C24H29N3O3S. The lowest BCUT2D eigenvalue weighted by molar-refractivity contribution is 0.339. The monoisotopic (exact) mass is 439 g/mol. The molecule has 164 valence electrons. The summed E-state index contributed by atoms with van der Waals surface area (Å²) >= 11 is 1.73. The average molecular weight is 440 g/mol. The van der Waals surface area contributed by atoms with E-state index in [-0.39, 0.29) is 0 Å². The molecule has 0 radical (unpaired) electrons. The summed E-state index contributed by atoms with van der Waals surface area (Å²) in [4.78, 5) is 0. The normalized spacial score (nSPS) is 14.4. The summed E-state index contributed by atoms with van der Waals surface area (Å²) in [7, 11) is 5.02. The average Bonchev–Trinajstić information content (AvgIpc) is 3.27. The Morgan fingerprint density at radius 2 is 1.48 bits per heavy atom. The van der Waals surface area contributed by atoms with Crippen molar-refractivity contribution in [3.63, 3.8) is 0 Å². The molecule has 1 fully saturated rings. The van der Waals surface area contributed by atoms with E-state index in [2.05, 4.69) is 26.9 Å². The summed E-state index contributed by atoms with van der Waals surface area (Å²) in [5.41, 5.74) is 2.19. The molecule has 0 amide bonds. The second-order valence-electron chi connectivity index (χ2n) is 7.71. The summed E-state index contributed by atoms with van der Waals surface area (Å²) < 4.78 is 18.6. The van der Waals surface area contributed by atoms with Gasteiger partial charge < -0.3 is 14.2 Å². The minimum absolute atomic E-state index is 0.411. The van der Waals surface area contributed by atoms with Gasteiger partial charge in [-0.1, -0.05) is 43.2 Å². The molecule has 2 aromatic carbocycles. The van der Waals surface area contributed by atoms with E-state index in [1.165, 1.54) is 24.8 Å². The van der Waals surface area contributed by atoms with Crippen LogP contribution in [-0.4, -0.2) is 36.1 Å². The summed E-state index contributed by atoms with van der Waals surface area (Å²) in [5, 5.41) is 10.2. The highest BCUT2D eigenvalue weighted by Gasteiger charge is 2.24. The van der Waals surface area contributed by atoms with E-state index in [9.17, 15) is 0 Å². The summed E-state index contributed by atoms with van der Waals surface area (Å²) in [5.74, 6) is 4.07. The minimum Gasteiger partial charge on any atom is -0.497 e. The molecule has 1 saturated carbocycles. The zero-order chi connectivity index (χ0) is 21.6. The fourth-order valence-electron chi connectivity index (χ4n) is 4.05. The van der Waals surface area contributed by atoms with E-state index in [1.807, 2.05) is 30.3 Å². The van der Waals surface area contributed by atoms with E-state index >= 15 is 0 Å². The molecule has 0 N–H and O–H groups in total. The van der Waals surface area contributed by atoms with Crippen molar-refractivity contribution in [1.82, 2.24) is 14.8 Å². The first-order valence-electron chi connectivity index (χ1n) is 10.7. The predicted octanol–water partition coefficient (Wildman–Crippen LogP) is 5.77. The first-order valence-corrected chi connectivity index (χ1v) is 11.6. The van der Waals surface area contributed by atoms with E-state index in [4.69, 9.17) is 14.2 Å². The third-order valence-corrected chi connectivity index (χ3v) is 6.76. The number of aromatic nitrogens is 3. The maximum absolute atomic E-state index is 5.48. The van der Waals surface area contributed by atoms with Crippen LogP contribution in [0.3, 0.4) is 0 Å². The Kier molecular flexibility index (Phi) is 7.02. The van der Waals surface area contributed by atoms with E-state index in [0.29, 0.717) is 6.04 Å². The summed E-state index contributed by atoms with van der Waals surface area (Å²) in [6.07, 6.45) is 6.10. The number of rotatable bonds is 8. The van der Waals surface area contributed by atoms with Crippen molar-refractivity contribution in [3.8, 4) is 28.6 Å². The molecule has 3 aromatic rings. The molecule has 1 aliphatic rings. The smallest absolute Gasteiger partial charge is 0.192 e. The van der Waals surface area contributed by atoms with Crippen LogP contribution in [-0.2, 0) is 5.75 Å². The van der Waals surface area contributed by atoms with Crippen LogP contribution in [0.4, 0.5) is 0 Å². The first kappa shape index (κ1) is 21.6. The van der Waals surface area contributed by atoms with Crippen molar-refractivity contribution in [1.29, 1.82) is 0 Å². The fraction of sp³-hybridized carbons (Fsp3) is 0.417. The van der Waals surface area contributed by atoms with Crippen LogP contribution in [0.25, 0.3) is 11.4 Å². The third kappa shape index (κ3) is 4.98. The number of benzene rings is 2. The first-order chi connectivity index (χ1) is 15.2. The van der Waals surface area contributed by atoms with Gasteiger partial charge in [0, 0.05) is 23.4 Å². The number of hydrogen-bond donors (Lipinski definition) is 0. The lowest BCUT2D eigenvalue weighted by Gasteiger charge is -2.25. The van der Waals surface area contributed by atoms with Crippen molar-refractivity contribution in [2.45, 2.75) is 49.1 Å². The van der Waals surface area contributed by atoms with Crippen LogP contribution in [0.5, 0.6) is 17.2 Å². The van der Waals surface area contributed by atoms with E-state index in [0.717, 1.165) is 52.4 Å². The standard InChI is InChI=1S/C24H29N3O3S/c1-28-20-11-9-17(10-12-20)16-31-24-26-25-23(27(24)19-7-5-4-6-8-19)18-13-21(29-2)15-22(14-18)30-3/h9-15,19H,4-8,16H2,1-3H3. The minimum atomic E-state index is 0.411. The van der Waals surface area contributed by atoms with Crippen LogP contribution in [0, 0.1) is 0 Å². The van der Waals surface area contributed by atoms with E-state index < -0.39 is 0 Å². The second kappa shape index (κ2) is 10.1. The van der Waals surface area contributed by atoms with E-state index in [1.54, 1.807) is 33.1 Å². The number of hydrogen-bond acceptors (Lipinski definition) is 6. The molecule has 0 aliphatic heterocycles. The maximum Gasteiger partial charge on any atom is 0.192 e. The topological polar surface area (TPSA) is 58.4 Å². The van der Waals surface area contributed by atoms with Gasteiger partial charge in [-0.15, -0.1) is 10.2 Å². The molecule has 4 rings (SSSR count). The highest BCUT2D eigenvalue weighted by molar-refractivity contribution is 7.98. The van der Waals surface area contributed by atoms with Gasteiger partial charge in [-0.05, 0) is 42.7 Å². The summed E-state index contributed by atoms with van der Waals surface area (Å²) in [6.45, 7) is 0. The van der Waals surface area contributed by atoms with Crippen LogP contribution in [0.2, 0.25) is 0 Å². The highest BCUT2D eigenvalue weighted by atomic mass is 32.2. The molecule has 0 bridgehead atoms. The lowest BCUT2D eigenvalue weighted by Crippen LogP contribution is -2.15. The Balaban J connectivity index is 1.66. The molecule has 1 heterocycles. The second-order valence-corrected chi connectivity index (χ2v) is 8.65. The molecule has 1 aliphatic carbocycles. The van der Waals surface area contributed by atoms with Crippen molar-refractivity contribution in [2.75, 3.05) is 21.3 Å². The zero-order valence-corrected chi connectivity index (χ0v) is 19.2. The molecule has 0 unspecified atom stereocenters. The Labute approximate surface area is 187 Å². The molecule has 1 aromatic heterocycles. The van der Waals surface area contributed by atoms with Crippen molar-refractivity contribution in [2.24, 2.45) is 0 Å². The third-order valence-electron chi connectivity index (χ3n) is 5.74. The zero-order valence-electron chi connectivity index (χ0n) is 18.3. The highest BCUT2D eigenvalue weighted by Crippen LogP contribution is 2.38. The van der Waals surface area contributed by atoms with Gasteiger partial charge in [0.05, 0.1) is 21.3 Å². The van der Waals surface area contributed by atoms with Crippen molar-refractivity contribution < 1.29 is 14.2 Å². The van der Waals surface area contributed by atoms with Crippen LogP contribution >= 0.6 is 11.8 Å². The van der Waals surface area contributed by atoms with Gasteiger partial charge in [0.2, 0.25) is 0 Å². The molecule has 0 atom stereocenters. The Morgan fingerprint density at radius 3 is 2.10 bits per heavy atom. The number of ether oxygens (including phenoxy) is 3. The fourth-order valence-corrected chi connectivity index (χ4v) is 5.01. The molecule has 0 saturated heterocycles. The SMILES string of the molecule is COc1ccc(CSc2nnc(-c3cc(OC)cc(OC)c3)n2C2CCCCC2)cc1. The Hall–Kier alpha value is -2.67. The molecular weight excluding hydrogens is 410 g/mol. The Bertz CT molecular complexity index is 976. The summed E-state index contributed by atoms with van der Waals surface area (Å²) in [6, 6.07) is 14.5. The molecule has 31 heavy (non-hydrogen) atoms. The molecule has 7 heteroatoms. The molecule has 6 nitrogen and oxygen atoms in total. The number of nitrogens with zero attached hydrogens (tertiary/aromatic N) is 3.